The highest BCUT2D eigenvalue weighted by atomic mass is 127. The van der Waals surface area contributed by atoms with E-state index in [9.17, 15) is 0 Å². The van der Waals surface area contributed by atoms with Crippen LogP contribution in [0.1, 0.15) is 28.6 Å². The molecular formula is C15H17IN2. The van der Waals surface area contributed by atoms with Crippen LogP contribution in [0.2, 0.25) is 0 Å². The van der Waals surface area contributed by atoms with Crippen molar-refractivity contribution in [1.29, 1.82) is 0 Å². The van der Waals surface area contributed by atoms with Crippen LogP contribution in [0.4, 0.5) is 0 Å². The van der Waals surface area contributed by atoms with Gasteiger partial charge in [0.15, 0.2) is 0 Å². The number of halogens is 1. The molecular weight excluding hydrogens is 335 g/mol. The highest BCUT2D eigenvalue weighted by Gasteiger charge is 2.08. The normalized spacial score (nSPS) is 12.4. The molecule has 0 aliphatic rings. The number of nitrogens with two attached hydrogens (primary N) is 1. The van der Waals surface area contributed by atoms with E-state index in [1.54, 1.807) is 0 Å². The van der Waals surface area contributed by atoms with Crippen molar-refractivity contribution in [3.05, 3.63) is 62.5 Å². The van der Waals surface area contributed by atoms with Crippen LogP contribution in [0.25, 0.3) is 0 Å². The third kappa shape index (κ3) is 3.53. The third-order valence-electron chi connectivity index (χ3n) is 2.90. The molecule has 0 amide bonds. The summed E-state index contributed by atoms with van der Waals surface area (Å²) in [6.45, 7) is 4.02. The van der Waals surface area contributed by atoms with E-state index in [-0.39, 0.29) is 6.04 Å². The average molecular weight is 352 g/mol. The highest BCUT2D eigenvalue weighted by Crippen LogP contribution is 2.18. The van der Waals surface area contributed by atoms with E-state index in [2.05, 4.69) is 64.0 Å². The summed E-state index contributed by atoms with van der Waals surface area (Å²) >= 11 is 2.31. The van der Waals surface area contributed by atoms with Crippen molar-refractivity contribution in [3.63, 3.8) is 0 Å². The molecule has 2 aromatic rings. The summed E-state index contributed by atoms with van der Waals surface area (Å²) < 4.78 is 1.25. The summed E-state index contributed by atoms with van der Waals surface area (Å²) in [4.78, 5) is 4.38. The summed E-state index contributed by atoms with van der Waals surface area (Å²) in [6.07, 6.45) is 0.861. The summed E-state index contributed by atoms with van der Waals surface area (Å²) in [5, 5.41) is 0. The molecule has 2 rings (SSSR count). The number of aromatic nitrogens is 1. The van der Waals surface area contributed by atoms with Gasteiger partial charge in [0.05, 0.1) is 0 Å². The molecule has 94 valence electrons. The highest BCUT2D eigenvalue weighted by molar-refractivity contribution is 14.1. The lowest BCUT2D eigenvalue weighted by molar-refractivity contribution is 0.717. The van der Waals surface area contributed by atoms with Gasteiger partial charge < -0.3 is 5.73 Å². The van der Waals surface area contributed by atoms with Gasteiger partial charge in [-0.2, -0.15) is 0 Å². The molecule has 1 aromatic heterocycles. The van der Waals surface area contributed by atoms with Crippen LogP contribution in [0, 0.1) is 17.4 Å². The molecule has 1 unspecified atom stereocenters. The SMILES string of the molecule is Cc1cc(C(N)Cc2ccc(I)cc2)cc(C)n1. The monoisotopic (exact) mass is 352 g/mol. The average Bonchev–Trinajstić information content (AvgIpc) is 2.31. The Labute approximate surface area is 122 Å². The molecule has 0 aliphatic heterocycles. The van der Waals surface area contributed by atoms with Gasteiger partial charge in [-0.25, -0.2) is 0 Å². The van der Waals surface area contributed by atoms with Gasteiger partial charge in [-0.3, -0.25) is 4.98 Å². The van der Waals surface area contributed by atoms with Gasteiger partial charge in [0.2, 0.25) is 0 Å². The van der Waals surface area contributed by atoms with Crippen molar-refractivity contribution in [2.24, 2.45) is 5.73 Å². The van der Waals surface area contributed by atoms with Crippen LogP contribution >= 0.6 is 22.6 Å². The molecule has 2 N–H and O–H groups in total. The quantitative estimate of drug-likeness (QED) is 0.859. The Morgan fingerprint density at radius 3 is 2.22 bits per heavy atom. The maximum atomic E-state index is 6.27. The topological polar surface area (TPSA) is 38.9 Å². The molecule has 18 heavy (non-hydrogen) atoms. The Balaban J connectivity index is 2.16. The van der Waals surface area contributed by atoms with Gasteiger partial charge in [-0.05, 0) is 78.3 Å². The van der Waals surface area contributed by atoms with E-state index >= 15 is 0 Å². The minimum Gasteiger partial charge on any atom is -0.324 e. The maximum Gasteiger partial charge on any atom is 0.0379 e. The smallest absolute Gasteiger partial charge is 0.0379 e. The van der Waals surface area contributed by atoms with Crippen LogP contribution in [-0.2, 0) is 6.42 Å². The van der Waals surface area contributed by atoms with E-state index < -0.39 is 0 Å². The van der Waals surface area contributed by atoms with E-state index in [4.69, 9.17) is 5.73 Å². The van der Waals surface area contributed by atoms with E-state index in [1.807, 2.05) is 13.8 Å². The molecule has 0 spiro atoms. The largest absolute Gasteiger partial charge is 0.324 e. The van der Waals surface area contributed by atoms with Gasteiger partial charge in [0.1, 0.15) is 0 Å². The second-order valence-electron chi connectivity index (χ2n) is 4.62. The first-order chi connectivity index (χ1) is 8.54. The zero-order valence-corrected chi connectivity index (χ0v) is 12.8. The predicted molar refractivity (Wildman–Crippen MR) is 83.5 cm³/mol. The van der Waals surface area contributed by atoms with Gasteiger partial charge in [-0.15, -0.1) is 0 Å². The number of benzene rings is 1. The van der Waals surface area contributed by atoms with Crippen LogP contribution in [0.15, 0.2) is 36.4 Å². The van der Waals surface area contributed by atoms with Crippen molar-refractivity contribution in [2.75, 3.05) is 0 Å². The number of rotatable bonds is 3. The second kappa shape index (κ2) is 5.80. The van der Waals surface area contributed by atoms with Crippen LogP contribution in [0.5, 0.6) is 0 Å². The Kier molecular flexibility index (Phi) is 4.35. The first-order valence-electron chi connectivity index (χ1n) is 6.00. The molecule has 0 radical (unpaired) electrons. The molecule has 0 fully saturated rings. The van der Waals surface area contributed by atoms with Crippen LogP contribution in [0.3, 0.4) is 0 Å². The van der Waals surface area contributed by atoms with Crippen molar-refractivity contribution in [3.8, 4) is 0 Å². The lowest BCUT2D eigenvalue weighted by atomic mass is 9.99. The number of hydrogen-bond acceptors (Lipinski definition) is 2. The summed E-state index contributed by atoms with van der Waals surface area (Å²) in [7, 11) is 0. The number of nitrogens with zero attached hydrogens (tertiary/aromatic N) is 1. The van der Waals surface area contributed by atoms with Gasteiger partial charge in [0.25, 0.3) is 0 Å². The van der Waals surface area contributed by atoms with E-state index in [1.165, 1.54) is 14.7 Å². The fourth-order valence-corrected chi connectivity index (χ4v) is 2.43. The fourth-order valence-electron chi connectivity index (χ4n) is 2.07. The number of pyridine rings is 1. The molecule has 2 nitrogen and oxygen atoms in total. The first kappa shape index (κ1) is 13.5. The molecule has 0 saturated carbocycles. The molecule has 1 heterocycles. The molecule has 0 bridgehead atoms. The van der Waals surface area contributed by atoms with Gasteiger partial charge in [-0.1, -0.05) is 12.1 Å². The first-order valence-corrected chi connectivity index (χ1v) is 7.07. The second-order valence-corrected chi connectivity index (χ2v) is 5.87. The van der Waals surface area contributed by atoms with Crippen LogP contribution in [-0.4, -0.2) is 4.98 Å². The standard InChI is InChI=1S/C15H17IN2/c1-10-7-13(8-11(2)18-10)15(17)9-12-3-5-14(16)6-4-12/h3-8,15H,9,17H2,1-2H3. The van der Waals surface area contributed by atoms with Gasteiger partial charge >= 0.3 is 0 Å². The summed E-state index contributed by atoms with van der Waals surface area (Å²) in [6, 6.07) is 12.7. The lowest BCUT2D eigenvalue weighted by Gasteiger charge is -2.13. The van der Waals surface area contributed by atoms with Gasteiger partial charge in [0, 0.05) is 21.0 Å². The van der Waals surface area contributed by atoms with Crippen molar-refractivity contribution in [1.82, 2.24) is 4.98 Å². The number of aryl methyl sites for hydroxylation is 2. The minimum atomic E-state index is 0.0328. The lowest BCUT2D eigenvalue weighted by Crippen LogP contribution is -2.14. The molecule has 0 saturated heterocycles. The maximum absolute atomic E-state index is 6.27. The van der Waals surface area contributed by atoms with E-state index in [0.29, 0.717) is 0 Å². The Morgan fingerprint density at radius 1 is 1.11 bits per heavy atom. The molecule has 3 heteroatoms. The Hall–Kier alpha value is -0.940. The van der Waals surface area contributed by atoms with Crippen molar-refractivity contribution >= 4 is 22.6 Å². The minimum absolute atomic E-state index is 0.0328. The number of hydrogen-bond donors (Lipinski definition) is 1. The van der Waals surface area contributed by atoms with Crippen molar-refractivity contribution < 1.29 is 0 Å². The third-order valence-corrected chi connectivity index (χ3v) is 3.62. The van der Waals surface area contributed by atoms with E-state index in [0.717, 1.165) is 17.8 Å². The predicted octanol–water partition coefficient (Wildman–Crippen LogP) is 3.55. The Bertz CT molecular complexity index is 514. The van der Waals surface area contributed by atoms with Crippen molar-refractivity contribution in [2.45, 2.75) is 26.3 Å². The fraction of sp³-hybridized carbons (Fsp3) is 0.267. The zero-order valence-electron chi connectivity index (χ0n) is 10.7. The summed E-state index contributed by atoms with van der Waals surface area (Å²) in [5.74, 6) is 0. The summed E-state index contributed by atoms with van der Waals surface area (Å²) in [5.41, 5.74) is 10.8. The zero-order chi connectivity index (χ0) is 13.1. The Morgan fingerprint density at radius 2 is 1.67 bits per heavy atom. The molecule has 0 aliphatic carbocycles. The molecule has 1 atom stereocenters. The van der Waals surface area contributed by atoms with Crippen LogP contribution < -0.4 is 5.73 Å². The molecule has 1 aromatic carbocycles.